The van der Waals surface area contributed by atoms with Crippen molar-refractivity contribution in [1.82, 2.24) is 0 Å². The van der Waals surface area contributed by atoms with E-state index in [1.165, 1.54) is 11.1 Å². The van der Waals surface area contributed by atoms with Gasteiger partial charge in [-0.2, -0.15) is 0 Å². The molecule has 106 valence electrons. The van der Waals surface area contributed by atoms with Crippen LogP contribution in [-0.4, -0.2) is 6.04 Å². The Kier molecular flexibility index (Phi) is 4.80. The smallest absolute Gasteiger partial charge is 0.127 e. The molecule has 2 heteroatoms. The van der Waals surface area contributed by atoms with Crippen molar-refractivity contribution in [2.75, 3.05) is 0 Å². The highest BCUT2D eigenvalue weighted by Crippen LogP contribution is 2.24. The Bertz CT molecular complexity index is 526. The van der Waals surface area contributed by atoms with Crippen LogP contribution in [0.1, 0.15) is 37.8 Å². The maximum Gasteiger partial charge on any atom is 0.127 e. The summed E-state index contributed by atoms with van der Waals surface area (Å²) >= 11 is 0. The quantitative estimate of drug-likeness (QED) is 0.867. The van der Waals surface area contributed by atoms with E-state index in [4.69, 9.17) is 10.5 Å². The molecule has 0 saturated carbocycles. The average Bonchev–Trinajstić information content (AvgIpc) is 2.41. The topological polar surface area (TPSA) is 35.2 Å². The molecule has 1 atom stereocenters. The number of benzene rings is 2. The van der Waals surface area contributed by atoms with Gasteiger partial charge in [-0.3, -0.25) is 0 Å². The summed E-state index contributed by atoms with van der Waals surface area (Å²) in [6.07, 6.45) is 0.892. The highest BCUT2D eigenvalue weighted by molar-refractivity contribution is 5.35. The highest BCUT2D eigenvalue weighted by Gasteiger charge is 2.02. The van der Waals surface area contributed by atoms with Crippen molar-refractivity contribution in [2.24, 2.45) is 5.73 Å². The lowest BCUT2D eigenvalue weighted by Crippen LogP contribution is -2.17. The third kappa shape index (κ3) is 4.10. The minimum Gasteiger partial charge on any atom is -0.457 e. The van der Waals surface area contributed by atoms with E-state index < -0.39 is 0 Å². The molecule has 2 nitrogen and oxygen atoms in total. The standard InChI is InChI=1S/C18H23NO/c1-13(2)16-6-10-18(11-7-16)20-17-8-4-15(5-9-17)12-14(3)19/h4-11,13-14H,12,19H2,1-3H3. The molecule has 0 fully saturated rings. The van der Waals surface area contributed by atoms with Crippen molar-refractivity contribution in [3.63, 3.8) is 0 Å². The van der Waals surface area contributed by atoms with Crippen LogP contribution in [0, 0.1) is 0 Å². The summed E-state index contributed by atoms with van der Waals surface area (Å²) in [5.74, 6) is 2.27. The van der Waals surface area contributed by atoms with Crippen LogP contribution < -0.4 is 10.5 Å². The van der Waals surface area contributed by atoms with Crippen LogP contribution in [0.25, 0.3) is 0 Å². The molecule has 0 heterocycles. The van der Waals surface area contributed by atoms with E-state index in [0.717, 1.165) is 17.9 Å². The zero-order valence-electron chi connectivity index (χ0n) is 12.5. The number of rotatable bonds is 5. The van der Waals surface area contributed by atoms with Crippen molar-refractivity contribution < 1.29 is 4.74 Å². The van der Waals surface area contributed by atoms with Crippen molar-refractivity contribution in [3.05, 3.63) is 59.7 Å². The molecule has 0 radical (unpaired) electrons. The largest absolute Gasteiger partial charge is 0.457 e. The van der Waals surface area contributed by atoms with Crippen LogP contribution in [0.4, 0.5) is 0 Å². The van der Waals surface area contributed by atoms with Gasteiger partial charge in [0.2, 0.25) is 0 Å². The summed E-state index contributed by atoms with van der Waals surface area (Å²) in [7, 11) is 0. The Balaban J connectivity index is 2.02. The predicted octanol–water partition coefficient (Wildman–Crippen LogP) is 4.49. The molecule has 0 aliphatic heterocycles. The van der Waals surface area contributed by atoms with Gasteiger partial charge >= 0.3 is 0 Å². The molecule has 2 aromatic carbocycles. The number of hydrogen-bond acceptors (Lipinski definition) is 2. The van der Waals surface area contributed by atoms with Crippen LogP contribution in [0.15, 0.2) is 48.5 Å². The van der Waals surface area contributed by atoms with Crippen molar-refractivity contribution in [1.29, 1.82) is 0 Å². The maximum atomic E-state index is 5.84. The number of hydrogen-bond donors (Lipinski definition) is 1. The molecule has 0 aliphatic rings. The lowest BCUT2D eigenvalue weighted by atomic mass is 10.0. The summed E-state index contributed by atoms with van der Waals surface area (Å²) in [6, 6.07) is 16.6. The predicted molar refractivity (Wildman–Crippen MR) is 84.4 cm³/mol. The molecule has 0 aliphatic carbocycles. The fraction of sp³-hybridized carbons (Fsp3) is 0.333. The van der Waals surface area contributed by atoms with Gasteiger partial charge in [0, 0.05) is 6.04 Å². The summed E-state index contributed by atoms with van der Waals surface area (Å²) in [4.78, 5) is 0. The molecule has 0 bridgehead atoms. The first-order chi connectivity index (χ1) is 9.54. The van der Waals surface area contributed by atoms with Crippen LogP contribution in [0.2, 0.25) is 0 Å². The normalized spacial score (nSPS) is 12.4. The van der Waals surface area contributed by atoms with Gasteiger partial charge in [0.1, 0.15) is 11.5 Å². The molecule has 2 N–H and O–H groups in total. The third-order valence-corrected chi connectivity index (χ3v) is 3.26. The second-order valence-corrected chi connectivity index (χ2v) is 5.65. The van der Waals surface area contributed by atoms with E-state index in [1.54, 1.807) is 0 Å². The molecule has 0 spiro atoms. The van der Waals surface area contributed by atoms with Gasteiger partial charge in [-0.05, 0) is 54.7 Å². The molecule has 0 saturated heterocycles. The van der Waals surface area contributed by atoms with Crippen LogP contribution in [-0.2, 0) is 6.42 Å². The molecular formula is C18H23NO. The molecule has 2 aromatic rings. The minimum absolute atomic E-state index is 0.186. The van der Waals surface area contributed by atoms with Gasteiger partial charge in [0.05, 0.1) is 0 Å². The van der Waals surface area contributed by atoms with Crippen LogP contribution >= 0.6 is 0 Å². The zero-order chi connectivity index (χ0) is 14.5. The van der Waals surface area contributed by atoms with Crippen molar-refractivity contribution in [3.8, 4) is 11.5 Å². The molecule has 20 heavy (non-hydrogen) atoms. The monoisotopic (exact) mass is 269 g/mol. The van der Waals surface area contributed by atoms with Gasteiger partial charge in [-0.25, -0.2) is 0 Å². The van der Waals surface area contributed by atoms with Crippen LogP contribution in [0.3, 0.4) is 0 Å². The molecule has 2 rings (SSSR count). The van der Waals surface area contributed by atoms with Gasteiger partial charge in [0.15, 0.2) is 0 Å². The molecule has 0 amide bonds. The summed E-state index contributed by atoms with van der Waals surface area (Å²) in [5, 5.41) is 0. The summed E-state index contributed by atoms with van der Waals surface area (Å²) in [5.41, 5.74) is 8.36. The van der Waals surface area contributed by atoms with Gasteiger partial charge in [-0.15, -0.1) is 0 Å². The fourth-order valence-electron chi connectivity index (χ4n) is 2.12. The lowest BCUT2D eigenvalue weighted by molar-refractivity contribution is 0.482. The first-order valence-corrected chi connectivity index (χ1v) is 7.17. The van der Waals surface area contributed by atoms with Gasteiger partial charge in [0.25, 0.3) is 0 Å². The van der Waals surface area contributed by atoms with Gasteiger partial charge < -0.3 is 10.5 Å². The Morgan fingerprint density at radius 3 is 1.80 bits per heavy atom. The first kappa shape index (κ1) is 14.6. The van der Waals surface area contributed by atoms with Crippen molar-refractivity contribution in [2.45, 2.75) is 39.2 Å². The Hall–Kier alpha value is -1.80. The molecule has 0 aromatic heterocycles. The van der Waals surface area contributed by atoms with E-state index in [-0.39, 0.29) is 6.04 Å². The zero-order valence-corrected chi connectivity index (χ0v) is 12.5. The lowest BCUT2D eigenvalue weighted by Gasteiger charge is -2.10. The Morgan fingerprint density at radius 2 is 1.35 bits per heavy atom. The highest BCUT2D eigenvalue weighted by atomic mass is 16.5. The number of ether oxygens (including phenoxy) is 1. The van der Waals surface area contributed by atoms with E-state index >= 15 is 0 Å². The average molecular weight is 269 g/mol. The molecular weight excluding hydrogens is 246 g/mol. The summed E-state index contributed by atoms with van der Waals surface area (Å²) < 4.78 is 5.84. The molecule has 1 unspecified atom stereocenters. The number of nitrogens with two attached hydrogens (primary N) is 1. The van der Waals surface area contributed by atoms with E-state index in [1.807, 2.05) is 31.2 Å². The van der Waals surface area contributed by atoms with Crippen molar-refractivity contribution >= 4 is 0 Å². The Labute approximate surface area is 121 Å². The Morgan fingerprint density at radius 1 is 0.850 bits per heavy atom. The fourth-order valence-corrected chi connectivity index (χ4v) is 2.12. The van der Waals surface area contributed by atoms with Gasteiger partial charge in [-0.1, -0.05) is 38.1 Å². The SMILES string of the molecule is CC(N)Cc1ccc(Oc2ccc(C(C)C)cc2)cc1. The second kappa shape index (κ2) is 6.58. The summed E-state index contributed by atoms with van der Waals surface area (Å²) in [6.45, 7) is 6.39. The van der Waals surface area contributed by atoms with E-state index in [0.29, 0.717) is 5.92 Å². The van der Waals surface area contributed by atoms with E-state index in [2.05, 4.69) is 38.1 Å². The first-order valence-electron chi connectivity index (χ1n) is 7.17. The van der Waals surface area contributed by atoms with E-state index in [9.17, 15) is 0 Å². The maximum absolute atomic E-state index is 5.84. The minimum atomic E-state index is 0.186. The third-order valence-electron chi connectivity index (χ3n) is 3.26. The van der Waals surface area contributed by atoms with Crippen LogP contribution in [0.5, 0.6) is 11.5 Å². The second-order valence-electron chi connectivity index (χ2n) is 5.65.